The number of nitrogens with one attached hydrogen (secondary N) is 1. The summed E-state index contributed by atoms with van der Waals surface area (Å²) in [6, 6.07) is 4.03. The number of H-pyrrole nitrogens is 1. The Balaban J connectivity index is 2.35. The molecule has 0 radical (unpaired) electrons. The molecule has 2 heteroatoms. The fourth-order valence-corrected chi connectivity index (χ4v) is 1.57. The molecule has 1 N–H and O–H groups in total. The van der Waals surface area contributed by atoms with Gasteiger partial charge in [-0.05, 0) is 30.5 Å². The predicted octanol–water partition coefficient (Wildman–Crippen LogP) is 2.91. The monoisotopic (exact) mass is 174 g/mol. The van der Waals surface area contributed by atoms with Crippen LogP contribution >= 0.6 is 0 Å². The number of aromatic amines is 1. The van der Waals surface area contributed by atoms with Crippen LogP contribution in [0.4, 0.5) is 0 Å². The molecule has 0 bridgehead atoms. The molecule has 13 heavy (non-hydrogen) atoms. The Labute approximate surface area is 78.0 Å². The van der Waals surface area contributed by atoms with Crippen LogP contribution < -0.4 is 0 Å². The Morgan fingerprint density at radius 1 is 1.46 bits per heavy atom. The zero-order valence-electron chi connectivity index (χ0n) is 7.88. The fraction of sp³-hybridized carbons (Fsp3) is 0.364. The first-order chi connectivity index (χ1) is 6.42. The van der Waals surface area contributed by atoms with Crippen molar-refractivity contribution in [2.24, 2.45) is 0 Å². The third-order valence-corrected chi connectivity index (χ3v) is 2.31. The molecule has 0 aliphatic heterocycles. The van der Waals surface area contributed by atoms with E-state index < -0.39 is 0 Å². The number of rotatable bonds is 3. The molecular weight excluding hydrogens is 160 g/mol. The molecule has 0 aliphatic rings. The summed E-state index contributed by atoms with van der Waals surface area (Å²) in [5, 5.41) is 0. The molecular formula is C11H14N2. The van der Waals surface area contributed by atoms with Gasteiger partial charge in [0.25, 0.3) is 0 Å². The van der Waals surface area contributed by atoms with Crippen LogP contribution in [0.5, 0.6) is 0 Å². The minimum absolute atomic E-state index is 1.13. The van der Waals surface area contributed by atoms with Gasteiger partial charge >= 0.3 is 0 Å². The van der Waals surface area contributed by atoms with E-state index in [1.54, 1.807) is 0 Å². The average molecular weight is 174 g/mol. The van der Waals surface area contributed by atoms with E-state index in [1.165, 1.54) is 18.4 Å². The third-order valence-electron chi connectivity index (χ3n) is 2.31. The van der Waals surface area contributed by atoms with Gasteiger partial charge in [0.2, 0.25) is 0 Å². The van der Waals surface area contributed by atoms with Crippen molar-refractivity contribution in [1.29, 1.82) is 0 Å². The number of hydrogen-bond acceptors (Lipinski definition) is 1. The zero-order chi connectivity index (χ0) is 9.10. The Morgan fingerprint density at radius 2 is 2.38 bits per heavy atom. The first-order valence-corrected chi connectivity index (χ1v) is 4.83. The maximum absolute atomic E-state index is 4.36. The lowest BCUT2D eigenvalue weighted by Crippen LogP contribution is -1.83. The second kappa shape index (κ2) is 3.60. The second-order valence-electron chi connectivity index (χ2n) is 3.32. The molecule has 0 spiro atoms. The van der Waals surface area contributed by atoms with Crippen molar-refractivity contribution >= 4 is 11.0 Å². The van der Waals surface area contributed by atoms with Crippen molar-refractivity contribution < 1.29 is 0 Å². The molecule has 0 fully saturated rings. The van der Waals surface area contributed by atoms with E-state index in [-0.39, 0.29) is 0 Å². The third kappa shape index (κ3) is 1.57. The molecule has 2 rings (SSSR count). The van der Waals surface area contributed by atoms with Crippen LogP contribution in [0.15, 0.2) is 24.5 Å². The first-order valence-electron chi connectivity index (χ1n) is 4.83. The summed E-state index contributed by atoms with van der Waals surface area (Å²) in [6.07, 6.45) is 7.54. The van der Waals surface area contributed by atoms with E-state index in [1.807, 2.05) is 12.3 Å². The predicted molar refractivity (Wildman–Crippen MR) is 54.7 cm³/mol. The van der Waals surface area contributed by atoms with E-state index in [0.717, 1.165) is 17.5 Å². The number of fused-ring (bicyclic) bond motifs is 1. The van der Waals surface area contributed by atoms with Crippen molar-refractivity contribution in [2.45, 2.75) is 26.2 Å². The van der Waals surface area contributed by atoms with E-state index >= 15 is 0 Å². The largest absolute Gasteiger partial charge is 0.360 e. The first kappa shape index (κ1) is 8.30. The topological polar surface area (TPSA) is 28.7 Å². The minimum atomic E-state index is 1.13. The van der Waals surface area contributed by atoms with Gasteiger partial charge in [0, 0.05) is 12.4 Å². The summed E-state index contributed by atoms with van der Waals surface area (Å²) in [7, 11) is 0. The molecule has 2 aromatic rings. The van der Waals surface area contributed by atoms with Gasteiger partial charge in [-0.2, -0.15) is 0 Å². The van der Waals surface area contributed by atoms with E-state index in [0.29, 0.717) is 0 Å². The van der Waals surface area contributed by atoms with Crippen molar-refractivity contribution in [2.75, 3.05) is 0 Å². The Bertz CT molecular complexity index is 390. The fourth-order valence-electron chi connectivity index (χ4n) is 1.57. The smallest absolute Gasteiger partial charge is 0.0910 e. The summed E-state index contributed by atoms with van der Waals surface area (Å²) in [6.45, 7) is 2.21. The molecule has 0 atom stereocenters. The summed E-state index contributed by atoms with van der Waals surface area (Å²) < 4.78 is 0. The molecule has 2 nitrogen and oxygen atoms in total. The zero-order valence-corrected chi connectivity index (χ0v) is 7.88. The van der Waals surface area contributed by atoms with Crippen molar-refractivity contribution in [3.8, 4) is 0 Å². The van der Waals surface area contributed by atoms with Gasteiger partial charge < -0.3 is 4.98 Å². The highest BCUT2D eigenvalue weighted by Crippen LogP contribution is 2.16. The van der Waals surface area contributed by atoms with Crippen LogP contribution in [0.1, 0.15) is 25.3 Å². The van der Waals surface area contributed by atoms with Gasteiger partial charge in [0.1, 0.15) is 0 Å². The van der Waals surface area contributed by atoms with Crippen LogP contribution in [-0.4, -0.2) is 9.97 Å². The molecule has 0 aliphatic carbocycles. The van der Waals surface area contributed by atoms with Gasteiger partial charge in [-0.1, -0.05) is 13.3 Å². The molecule has 0 unspecified atom stereocenters. The summed E-state index contributed by atoms with van der Waals surface area (Å²) in [5.41, 5.74) is 3.63. The van der Waals surface area contributed by atoms with Gasteiger partial charge in [0.15, 0.2) is 0 Å². The van der Waals surface area contributed by atoms with Crippen LogP contribution in [0.25, 0.3) is 11.0 Å². The Kier molecular flexibility index (Phi) is 2.30. The second-order valence-corrected chi connectivity index (χ2v) is 3.32. The summed E-state index contributed by atoms with van der Waals surface area (Å²) in [5.74, 6) is 0. The molecule has 68 valence electrons. The van der Waals surface area contributed by atoms with Crippen LogP contribution in [-0.2, 0) is 6.42 Å². The lowest BCUT2D eigenvalue weighted by atomic mass is 10.1. The number of hydrogen-bond donors (Lipinski definition) is 1. The quantitative estimate of drug-likeness (QED) is 0.761. The maximum Gasteiger partial charge on any atom is 0.0910 e. The van der Waals surface area contributed by atoms with Crippen molar-refractivity contribution in [3.63, 3.8) is 0 Å². The standard InChI is InChI=1S/C11H14N2/c1-2-3-5-9-8-13-10-6-4-7-12-11(9)10/h4,6-8,13H,2-3,5H2,1H3. The van der Waals surface area contributed by atoms with Crippen LogP contribution in [0.3, 0.4) is 0 Å². The highest BCUT2D eigenvalue weighted by molar-refractivity contribution is 5.78. The molecule has 0 amide bonds. The number of pyridine rings is 1. The maximum atomic E-state index is 4.36. The van der Waals surface area contributed by atoms with Gasteiger partial charge in [-0.3, -0.25) is 4.98 Å². The highest BCUT2D eigenvalue weighted by Gasteiger charge is 2.02. The Hall–Kier alpha value is -1.31. The van der Waals surface area contributed by atoms with E-state index in [2.05, 4.69) is 29.2 Å². The summed E-state index contributed by atoms with van der Waals surface area (Å²) >= 11 is 0. The Morgan fingerprint density at radius 3 is 3.23 bits per heavy atom. The van der Waals surface area contributed by atoms with Gasteiger partial charge in [-0.15, -0.1) is 0 Å². The van der Waals surface area contributed by atoms with Gasteiger partial charge in [0.05, 0.1) is 11.0 Å². The number of aromatic nitrogens is 2. The van der Waals surface area contributed by atoms with Crippen molar-refractivity contribution in [1.82, 2.24) is 9.97 Å². The number of nitrogens with zero attached hydrogens (tertiary/aromatic N) is 1. The number of aryl methyl sites for hydroxylation is 1. The molecule has 0 aromatic carbocycles. The number of unbranched alkanes of at least 4 members (excludes halogenated alkanes) is 1. The molecule has 0 saturated carbocycles. The van der Waals surface area contributed by atoms with E-state index in [9.17, 15) is 0 Å². The SMILES string of the molecule is CCCCc1c[nH]c2cccnc12. The molecule has 2 aromatic heterocycles. The average Bonchev–Trinajstić information content (AvgIpc) is 2.58. The normalized spacial score (nSPS) is 10.8. The highest BCUT2D eigenvalue weighted by atomic mass is 14.8. The van der Waals surface area contributed by atoms with Crippen molar-refractivity contribution in [3.05, 3.63) is 30.1 Å². The van der Waals surface area contributed by atoms with E-state index in [4.69, 9.17) is 0 Å². The van der Waals surface area contributed by atoms with Crippen LogP contribution in [0.2, 0.25) is 0 Å². The van der Waals surface area contributed by atoms with Gasteiger partial charge in [-0.25, -0.2) is 0 Å². The minimum Gasteiger partial charge on any atom is -0.360 e. The summed E-state index contributed by atoms with van der Waals surface area (Å²) in [4.78, 5) is 7.60. The lowest BCUT2D eigenvalue weighted by Gasteiger charge is -1.95. The lowest BCUT2D eigenvalue weighted by molar-refractivity contribution is 0.798. The van der Waals surface area contributed by atoms with Crippen LogP contribution in [0, 0.1) is 0 Å². The molecule has 0 saturated heterocycles. The molecule has 2 heterocycles.